The number of nitrogens with zero attached hydrogens (tertiary/aromatic N) is 3. The first-order valence-corrected chi connectivity index (χ1v) is 3.16. The molecule has 0 bridgehead atoms. The second-order valence-electron chi connectivity index (χ2n) is 2.25. The fraction of sp³-hybridized carbons (Fsp3) is 0.500. The number of aliphatic imine (C=N–C) groups is 1. The lowest BCUT2D eigenvalue weighted by Crippen LogP contribution is -2.42. The average molecular weight is 152 g/mol. The van der Waals surface area contributed by atoms with E-state index in [-0.39, 0.29) is 12.5 Å². The fourth-order valence-electron chi connectivity index (χ4n) is 0.790. The van der Waals surface area contributed by atoms with Crippen molar-refractivity contribution in [2.75, 3.05) is 20.1 Å². The predicted octanol–water partition coefficient (Wildman–Crippen LogP) is -1.07. The van der Waals surface area contributed by atoms with Crippen LogP contribution in [-0.4, -0.2) is 36.8 Å². The summed E-state index contributed by atoms with van der Waals surface area (Å²) in [6.45, 7) is 0.535. The van der Waals surface area contributed by atoms with Gasteiger partial charge >= 0.3 is 0 Å². The first-order chi connectivity index (χ1) is 5.24. The Hall–Kier alpha value is -1.57. The summed E-state index contributed by atoms with van der Waals surface area (Å²) in [4.78, 5) is 16.2. The largest absolute Gasteiger partial charge is 0.337 e. The maximum atomic E-state index is 10.9. The van der Waals surface area contributed by atoms with Crippen molar-refractivity contribution in [2.24, 2.45) is 4.99 Å². The molecule has 0 aliphatic carbocycles. The molecule has 0 atom stereocenters. The van der Waals surface area contributed by atoms with E-state index in [0.29, 0.717) is 12.4 Å². The fourth-order valence-corrected chi connectivity index (χ4v) is 0.790. The molecule has 1 aliphatic rings. The standard InChI is InChI=1S/C6H8N4O/c1-10-3-5(9-4-7)8-2-6(10)11/h2-3H2,1H3,(H,8,9). The Balaban J connectivity index is 2.60. The van der Waals surface area contributed by atoms with Crippen molar-refractivity contribution in [2.45, 2.75) is 0 Å². The van der Waals surface area contributed by atoms with E-state index < -0.39 is 0 Å². The third-order valence-electron chi connectivity index (χ3n) is 1.42. The van der Waals surface area contributed by atoms with Gasteiger partial charge in [-0.2, -0.15) is 5.26 Å². The number of hydrogen-bond acceptors (Lipinski definition) is 4. The Morgan fingerprint density at radius 1 is 1.82 bits per heavy atom. The van der Waals surface area contributed by atoms with Crippen molar-refractivity contribution in [1.82, 2.24) is 10.2 Å². The summed E-state index contributed by atoms with van der Waals surface area (Å²) >= 11 is 0. The first-order valence-electron chi connectivity index (χ1n) is 3.16. The number of carbonyl (C=O) groups is 1. The first kappa shape index (κ1) is 7.54. The highest BCUT2D eigenvalue weighted by atomic mass is 16.2. The van der Waals surface area contributed by atoms with Crippen LogP contribution in [-0.2, 0) is 4.79 Å². The van der Waals surface area contributed by atoms with Crippen molar-refractivity contribution in [3.8, 4) is 6.19 Å². The van der Waals surface area contributed by atoms with E-state index in [2.05, 4.69) is 10.3 Å². The van der Waals surface area contributed by atoms with Crippen LogP contribution >= 0.6 is 0 Å². The van der Waals surface area contributed by atoms with Gasteiger partial charge in [-0.3, -0.25) is 15.1 Å². The Bertz CT molecular complexity index is 239. The van der Waals surface area contributed by atoms with Crippen LogP contribution < -0.4 is 5.32 Å². The Kier molecular flexibility index (Phi) is 2.06. The summed E-state index contributed by atoms with van der Waals surface area (Å²) < 4.78 is 0. The lowest BCUT2D eigenvalue weighted by Gasteiger charge is -2.20. The molecule has 0 aromatic heterocycles. The minimum Gasteiger partial charge on any atom is -0.337 e. The Morgan fingerprint density at radius 3 is 3.09 bits per heavy atom. The van der Waals surface area contributed by atoms with Gasteiger partial charge in [0.25, 0.3) is 0 Å². The van der Waals surface area contributed by atoms with Gasteiger partial charge in [0.05, 0.1) is 6.54 Å². The zero-order valence-electron chi connectivity index (χ0n) is 6.16. The zero-order valence-corrected chi connectivity index (χ0v) is 6.16. The molecule has 1 aliphatic heterocycles. The minimum absolute atomic E-state index is 0.0199. The molecule has 11 heavy (non-hydrogen) atoms. The van der Waals surface area contributed by atoms with Gasteiger partial charge in [-0.1, -0.05) is 0 Å². The lowest BCUT2D eigenvalue weighted by molar-refractivity contribution is -0.128. The van der Waals surface area contributed by atoms with Gasteiger partial charge in [-0.25, -0.2) is 0 Å². The summed E-state index contributed by atoms with van der Waals surface area (Å²) in [6, 6.07) is 0. The maximum absolute atomic E-state index is 10.9. The zero-order chi connectivity index (χ0) is 8.27. The molecule has 1 heterocycles. The average Bonchev–Trinajstić information content (AvgIpc) is 1.98. The SMILES string of the molecule is CN1CC(NC#N)=NCC1=O. The number of hydrogen-bond donors (Lipinski definition) is 1. The van der Waals surface area contributed by atoms with E-state index in [9.17, 15) is 4.79 Å². The molecule has 0 fully saturated rings. The number of nitriles is 1. The van der Waals surface area contributed by atoms with Crippen molar-refractivity contribution in [3.63, 3.8) is 0 Å². The molecule has 0 saturated carbocycles. The summed E-state index contributed by atoms with van der Waals surface area (Å²) in [7, 11) is 1.68. The number of amides is 1. The monoisotopic (exact) mass is 152 g/mol. The van der Waals surface area contributed by atoms with E-state index in [4.69, 9.17) is 5.26 Å². The van der Waals surface area contributed by atoms with Gasteiger partial charge in [0.2, 0.25) is 5.91 Å². The maximum Gasteiger partial charge on any atom is 0.244 e. The molecule has 0 radical (unpaired) electrons. The van der Waals surface area contributed by atoms with Crippen LogP contribution in [0.3, 0.4) is 0 Å². The van der Waals surface area contributed by atoms with Crippen LogP contribution in [0, 0.1) is 11.5 Å². The predicted molar refractivity (Wildman–Crippen MR) is 38.7 cm³/mol. The molecule has 1 rings (SSSR count). The topological polar surface area (TPSA) is 68.5 Å². The molecule has 1 N–H and O–H groups in total. The Morgan fingerprint density at radius 2 is 2.55 bits per heavy atom. The Labute approximate surface area is 64.3 Å². The molecule has 0 saturated heterocycles. The highest BCUT2D eigenvalue weighted by Gasteiger charge is 2.15. The normalized spacial score (nSPS) is 17.3. The van der Waals surface area contributed by atoms with Crippen LogP contribution in [0.2, 0.25) is 0 Å². The molecular formula is C6H8N4O. The summed E-state index contributed by atoms with van der Waals surface area (Å²) in [5.74, 6) is 0.531. The third kappa shape index (κ3) is 1.67. The minimum atomic E-state index is -0.0199. The van der Waals surface area contributed by atoms with Crippen LogP contribution in [0.15, 0.2) is 4.99 Å². The smallest absolute Gasteiger partial charge is 0.244 e. The molecule has 5 heteroatoms. The second kappa shape index (κ2) is 3.01. The van der Waals surface area contributed by atoms with Crippen LogP contribution in [0.25, 0.3) is 0 Å². The number of rotatable bonds is 0. The van der Waals surface area contributed by atoms with Crippen molar-refractivity contribution in [1.29, 1.82) is 5.26 Å². The van der Waals surface area contributed by atoms with E-state index in [1.54, 1.807) is 13.2 Å². The van der Waals surface area contributed by atoms with Crippen LogP contribution in [0.1, 0.15) is 0 Å². The van der Waals surface area contributed by atoms with E-state index in [1.807, 2.05) is 0 Å². The summed E-state index contributed by atoms with van der Waals surface area (Å²) in [5, 5.41) is 10.6. The molecule has 5 nitrogen and oxygen atoms in total. The molecule has 0 unspecified atom stereocenters. The third-order valence-corrected chi connectivity index (χ3v) is 1.42. The molecule has 0 aromatic rings. The lowest BCUT2D eigenvalue weighted by atomic mass is 10.4. The summed E-state index contributed by atoms with van der Waals surface area (Å²) in [6.07, 6.45) is 1.75. The van der Waals surface area contributed by atoms with E-state index >= 15 is 0 Å². The highest BCUT2D eigenvalue weighted by Crippen LogP contribution is 1.93. The van der Waals surface area contributed by atoms with Crippen LogP contribution in [0.5, 0.6) is 0 Å². The van der Waals surface area contributed by atoms with E-state index in [0.717, 1.165) is 0 Å². The number of amidine groups is 1. The summed E-state index contributed by atoms with van der Waals surface area (Å²) in [5.41, 5.74) is 0. The van der Waals surface area contributed by atoms with Crippen molar-refractivity contribution in [3.05, 3.63) is 0 Å². The van der Waals surface area contributed by atoms with Gasteiger partial charge in [0.15, 0.2) is 6.19 Å². The second-order valence-corrected chi connectivity index (χ2v) is 2.25. The molecule has 58 valence electrons. The molecule has 0 aromatic carbocycles. The van der Waals surface area contributed by atoms with Crippen LogP contribution in [0.4, 0.5) is 0 Å². The highest BCUT2D eigenvalue weighted by molar-refractivity contribution is 5.94. The van der Waals surface area contributed by atoms with Crippen molar-refractivity contribution < 1.29 is 4.79 Å². The van der Waals surface area contributed by atoms with Gasteiger partial charge < -0.3 is 4.90 Å². The van der Waals surface area contributed by atoms with E-state index in [1.165, 1.54) is 4.90 Å². The van der Waals surface area contributed by atoms with Gasteiger partial charge in [-0.05, 0) is 0 Å². The molecular weight excluding hydrogens is 144 g/mol. The van der Waals surface area contributed by atoms with Crippen molar-refractivity contribution >= 4 is 11.7 Å². The number of carbonyl (C=O) groups excluding carboxylic acids is 1. The number of nitrogens with one attached hydrogen (secondary N) is 1. The molecule has 0 spiro atoms. The quantitative estimate of drug-likeness (QED) is 0.355. The number of likely N-dealkylation sites (N-methyl/N-ethyl adjacent to an activating group) is 1. The van der Waals surface area contributed by atoms with Gasteiger partial charge in [0, 0.05) is 7.05 Å². The van der Waals surface area contributed by atoms with Gasteiger partial charge in [-0.15, -0.1) is 0 Å². The molecule has 1 amide bonds. The van der Waals surface area contributed by atoms with Gasteiger partial charge in [0.1, 0.15) is 12.4 Å².